The number of hydrogen-bond acceptors (Lipinski definition) is 3. The first-order valence-corrected chi connectivity index (χ1v) is 8.76. The Bertz CT molecular complexity index is 570. The predicted octanol–water partition coefficient (Wildman–Crippen LogP) is 5.43. The highest BCUT2D eigenvalue weighted by molar-refractivity contribution is 5.41. The van der Waals surface area contributed by atoms with Gasteiger partial charge in [-0.2, -0.15) is 0 Å². The van der Waals surface area contributed by atoms with E-state index in [-0.39, 0.29) is 17.4 Å². The van der Waals surface area contributed by atoms with Crippen molar-refractivity contribution < 1.29 is 15.3 Å². The van der Waals surface area contributed by atoms with Crippen molar-refractivity contribution in [1.29, 1.82) is 0 Å². The van der Waals surface area contributed by atoms with Crippen molar-refractivity contribution in [2.24, 2.45) is 0 Å². The molecule has 1 aromatic rings. The van der Waals surface area contributed by atoms with Crippen LogP contribution >= 0.6 is 0 Å². The van der Waals surface area contributed by atoms with Crippen LogP contribution in [0, 0.1) is 0 Å². The number of rotatable bonds is 9. The van der Waals surface area contributed by atoms with Crippen LogP contribution in [0.3, 0.4) is 0 Å². The van der Waals surface area contributed by atoms with Crippen molar-refractivity contribution in [1.82, 2.24) is 0 Å². The summed E-state index contributed by atoms with van der Waals surface area (Å²) in [6.45, 7) is 8.07. The van der Waals surface area contributed by atoms with Crippen molar-refractivity contribution in [2.45, 2.75) is 71.3 Å². The molecule has 2 unspecified atom stereocenters. The first-order valence-electron chi connectivity index (χ1n) is 8.76. The number of phenols is 2. The minimum atomic E-state index is -0.757. The van der Waals surface area contributed by atoms with Crippen LogP contribution in [-0.4, -0.2) is 20.9 Å². The first-order chi connectivity index (χ1) is 11.2. The molecule has 0 heterocycles. The highest BCUT2D eigenvalue weighted by Crippen LogP contribution is 2.33. The van der Waals surface area contributed by atoms with Gasteiger partial charge in [0.15, 0.2) is 11.5 Å². The van der Waals surface area contributed by atoms with Crippen LogP contribution in [0.5, 0.6) is 11.5 Å². The summed E-state index contributed by atoms with van der Waals surface area (Å²) in [6, 6.07) is 4.86. The van der Waals surface area contributed by atoms with Crippen LogP contribution in [0.1, 0.15) is 71.3 Å². The van der Waals surface area contributed by atoms with E-state index in [2.05, 4.69) is 25.2 Å². The third kappa shape index (κ3) is 7.22. The summed E-state index contributed by atoms with van der Waals surface area (Å²) < 4.78 is 0. The highest BCUT2D eigenvalue weighted by Gasteiger charge is 2.23. The van der Waals surface area contributed by atoms with Gasteiger partial charge in [0, 0.05) is 0 Å². The first kappa shape index (κ1) is 20.3. The molecule has 1 rings (SSSR count). The van der Waals surface area contributed by atoms with Gasteiger partial charge in [-0.15, -0.1) is 0 Å². The number of aliphatic hydroxyl groups is 1. The quantitative estimate of drug-likeness (QED) is 0.418. The van der Waals surface area contributed by atoms with Gasteiger partial charge in [0.25, 0.3) is 0 Å². The van der Waals surface area contributed by atoms with Crippen molar-refractivity contribution in [3.63, 3.8) is 0 Å². The maximum Gasteiger partial charge on any atom is 0.157 e. The average molecular weight is 332 g/mol. The van der Waals surface area contributed by atoms with Crippen LogP contribution in [-0.2, 0) is 0 Å². The largest absolute Gasteiger partial charge is 0.504 e. The molecule has 0 spiro atoms. The SMILES string of the molecule is CC=CCCC(C)=CCCC(C)(O)CC(C)c1ccc(O)c(O)c1. The summed E-state index contributed by atoms with van der Waals surface area (Å²) in [5.41, 5.74) is 1.52. The van der Waals surface area contributed by atoms with Crippen molar-refractivity contribution in [3.05, 3.63) is 47.6 Å². The van der Waals surface area contributed by atoms with E-state index in [1.54, 1.807) is 12.1 Å². The van der Waals surface area contributed by atoms with E-state index in [1.807, 2.05) is 20.8 Å². The number of aromatic hydroxyl groups is 2. The van der Waals surface area contributed by atoms with Crippen molar-refractivity contribution in [3.8, 4) is 11.5 Å². The van der Waals surface area contributed by atoms with E-state index in [9.17, 15) is 15.3 Å². The van der Waals surface area contributed by atoms with Crippen LogP contribution in [0.4, 0.5) is 0 Å². The summed E-state index contributed by atoms with van der Waals surface area (Å²) in [7, 11) is 0. The number of allylic oxidation sites excluding steroid dienone is 4. The lowest BCUT2D eigenvalue weighted by atomic mass is 9.85. The van der Waals surface area contributed by atoms with E-state index in [1.165, 1.54) is 11.6 Å². The molecule has 134 valence electrons. The third-order valence-electron chi connectivity index (χ3n) is 4.43. The molecule has 3 heteroatoms. The Morgan fingerprint density at radius 2 is 1.92 bits per heavy atom. The zero-order chi connectivity index (χ0) is 18.2. The second kappa shape index (κ2) is 9.53. The molecule has 0 amide bonds. The molecule has 0 aromatic heterocycles. The lowest BCUT2D eigenvalue weighted by Gasteiger charge is -2.27. The van der Waals surface area contributed by atoms with E-state index < -0.39 is 5.60 Å². The molecule has 2 atom stereocenters. The van der Waals surface area contributed by atoms with Gasteiger partial charge in [-0.25, -0.2) is 0 Å². The standard InChI is InChI=1S/C21H32O3/c1-5-6-7-9-16(2)10-8-13-21(4,24)15-17(3)18-11-12-19(22)20(23)14-18/h5-6,10-12,14,17,22-24H,7-9,13,15H2,1-4H3. The molecule has 0 aliphatic carbocycles. The predicted molar refractivity (Wildman–Crippen MR) is 100 cm³/mol. The Labute approximate surface area is 146 Å². The minimum Gasteiger partial charge on any atom is -0.504 e. The maximum atomic E-state index is 10.6. The Balaban J connectivity index is 2.52. The molecule has 1 aromatic carbocycles. The van der Waals surface area contributed by atoms with E-state index in [0.717, 1.165) is 24.8 Å². The normalized spacial score (nSPS) is 16.3. The van der Waals surface area contributed by atoms with Gasteiger partial charge in [-0.05, 0) is 76.5 Å². The van der Waals surface area contributed by atoms with E-state index >= 15 is 0 Å². The number of hydrogen-bond donors (Lipinski definition) is 3. The van der Waals surface area contributed by atoms with Gasteiger partial charge in [0.1, 0.15) is 0 Å². The summed E-state index contributed by atoms with van der Waals surface area (Å²) in [4.78, 5) is 0. The Morgan fingerprint density at radius 1 is 1.21 bits per heavy atom. The summed E-state index contributed by atoms with van der Waals surface area (Å²) >= 11 is 0. The van der Waals surface area contributed by atoms with Crippen LogP contribution < -0.4 is 0 Å². The Kier molecular flexibility index (Phi) is 8.06. The van der Waals surface area contributed by atoms with Gasteiger partial charge in [0.05, 0.1) is 5.60 Å². The molecule has 0 fully saturated rings. The molecule has 24 heavy (non-hydrogen) atoms. The Hall–Kier alpha value is -1.74. The van der Waals surface area contributed by atoms with Gasteiger partial charge in [-0.3, -0.25) is 0 Å². The fraction of sp³-hybridized carbons (Fsp3) is 0.524. The summed E-state index contributed by atoms with van der Waals surface area (Å²) in [6.07, 6.45) is 10.8. The van der Waals surface area contributed by atoms with Gasteiger partial charge < -0.3 is 15.3 Å². The van der Waals surface area contributed by atoms with E-state index in [0.29, 0.717) is 12.8 Å². The van der Waals surface area contributed by atoms with Crippen molar-refractivity contribution in [2.75, 3.05) is 0 Å². The molecule has 0 aliphatic heterocycles. The maximum absolute atomic E-state index is 10.6. The van der Waals surface area contributed by atoms with Gasteiger partial charge >= 0.3 is 0 Å². The van der Waals surface area contributed by atoms with E-state index in [4.69, 9.17) is 0 Å². The minimum absolute atomic E-state index is 0.103. The second-order valence-electron chi connectivity index (χ2n) is 7.05. The van der Waals surface area contributed by atoms with Crippen LogP contribution in [0.2, 0.25) is 0 Å². The van der Waals surface area contributed by atoms with Crippen molar-refractivity contribution >= 4 is 0 Å². The second-order valence-corrected chi connectivity index (χ2v) is 7.05. The van der Waals surface area contributed by atoms with Gasteiger partial charge in [0.2, 0.25) is 0 Å². The molecule has 0 radical (unpaired) electrons. The molecular weight excluding hydrogens is 300 g/mol. The van der Waals surface area contributed by atoms with Gasteiger partial charge in [-0.1, -0.05) is 36.8 Å². The zero-order valence-corrected chi connectivity index (χ0v) is 15.4. The molecule has 0 bridgehead atoms. The lowest BCUT2D eigenvalue weighted by molar-refractivity contribution is 0.0371. The monoisotopic (exact) mass is 332 g/mol. The van der Waals surface area contributed by atoms with Crippen LogP contribution in [0.15, 0.2) is 42.0 Å². The fourth-order valence-electron chi connectivity index (χ4n) is 2.94. The number of phenolic OH excluding ortho intramolecular Hbond substituents is 2. The molecule has 3 N–H and O–H groups in total. The number of benzene rings is 1. The smallest absolute Gasteiger partial charge is 0.157 e. The molecule has 0 saturated carbocycles. The molecule has 3 nitrogen and oxygen atoms in total. The third-order valence-corrected chi connectivity index (χ3v) is 4.43. The zero-order valence-electron chi connectivity index (χ0n) is 15.4. The fourth-order valence-corrected chi connectivity index (χ4v) is 2.94. The lowest BCUT2D eigenvalue weighted by Crippen LogP contribution is -2.26. The summed E-state index contributed by atoms with van der Waals surface area (Å²) in [5, 5.41) is 29.7. The average Bonchev–Trinajstić information content (AvgIpc) is 2.49. The molecule has 0 saturated heterocycles. The molecular formula is C21H32O3. The topological polar surface area (TPSA) is 60.7 Å². The highest BCUT2D eigenvalue weighted by atomic mass is 16.3. The van der Waals surface area contributed by atoms with Crippen LogP contribution in [0.25, 0.3) is 0 Å². The summed E-state index contributed by atoms with van der Waals surface area (Å²) in [5.74, 6) is -0.124. The molecule has 0 aliphatic rings. The Morgan fingerprint density at radius 3 is 2.54 bits per heavy atom.